The summed E-state index contributed by atoms with van der Waals surface area (Å²) in [5.74, 6) is -0.833. The molecule has 0 aliphatic rings. The van der Waals surface area contributed by atoms with E-state index in [1.165, 1.54) is 0 Å². The van der Waals surface area contributed by atoms with Crippen molar-refractivity contribution in [3.8, 4) is 0 Å². The Hall–Kier alpha value is -0.200. The lowest BCUT2D eigenvalue weighted by Gasteiger charge is -2.13. The summed E-state index contributed by atoms with van der Waals surface area (Å²) >= 11 is 9.33. The maximum absolute atomic E-state index is 11.8. The van der Waals surface area contributed by atoms with Crippen molar-refractivity contribution >= 4 is 29.2 Å². The topological polar surface area (TPSA) is 57.5 Å². The highest BCUT2D eigenvalue weighted by Gasteiger charge is 2.41. The normalized spacial score (nSPS) is 13.2. The van der Waals surface area contributed by atoms with Gasteiger partial charge >= 0.3 is 6.11 Å². The second kappa shape index (κ2) is 6.28. The molecule has 0 spiro atoms. The summed E-state index contributed by atoms with van der Waals surface area (Å²) in [5.41, 5.74) is 0. The Morgan fingerprint density at radius 2 is 1.69 bits per heavy atom. The quantitative estimate of drug-likeness (QED) is 0.727. The molecule has 13 heavy (non-hydrogen) atoms. The number of carbonyl (C=O) groups is 1. The number of hydrogen-bond donors (Lipinski definition) is 2. The summed E-state index contributed by atoms with van der Waals surface area (Å²) in [6.45, 7) is 1.08. The molecule has 80 valence electrons. The zero-order valence-electron chi connectivity index (χ0n) is 6.35. The van der Waals surface area contributed by atoms with Crippen LogP contribution in [0.5, 0.6) is 0 Å². The minimum Gasteiger partial charge on any atom is -0.481 e. The van der Waals surface area contributed by atoms with E-state index in [2.05, 4.69) is 23.2 Å². The van der Waals surface area contributed by atoms with Crippen molar-refractivity contribution in [2.45, 2.75) is 24.0 Å². The molecule has 0 rings (SSSR count). The van der Waals surface area contributed by atoms with Gasteiger partial charge in [0.1, 0.15) is 4.84 Å². The molecule has 1 unspecified atom stereocenters. The van der Waals surface area contributed by atoms with Crippen LogP contribution in [0.15, 0.2) is 0 Å². The summed E-state index contributed by atoms with van der Waals surface area (Å²) < 4.78 is 34.5. The first-order chi connectivity index (χ1) is 5.59. The van der Waals surface area contributed by atoms with E-state index in [9.17, 15) is 13.2 Å². The second-order valence-electron chi connectivity index (χ2n) is 1.84. The molecule has 1 atom stereocenters. The third kappa shape index (κ3) is 11.8. The van der Waals surface area contributed by atoms with Crippen LogP contribution in [0.3, 0.4) is 0 Å². The Kier molecular flexibility index (Phi) is 7.39. The SMILES string of the molecule is CC(=O)O.OC(F)(F)C(F)C(Cl)Cl. The van der Waals surface area contributed by atoms with Gasteiger partial charge in [0, 0.05) is 6.92 Å². The molecular weight excluding hydrogens is 236 g/mol. The minimum absolute atomic E-state index is 0.833. The number of aliphatic hydroxyl groups is 1. The van der Waals surface area contributed by atoms with Crippen LogP contribution in [0.2, 0.25) is 0 Å². The van der Waals surface area contributed by atoms with Crippen LogP contribution in [-0.4, -0.2) is 33.3 Å². The molecule has 0 aromatic heterocycles. The molecule has 8 heteroatoms. The summed E-state index contributed by atoms with van der Waals surface area (Å²) in [5, 5.41) is 15.0. The zero-order valence-corrected chi connectivity index (χ0v) is 7.86. The summed E-state index contributed by atoms with van der Waals surface area (Å²) in [6, 6.07) is 0. The molecule has 0 aromatic rings. The molecular formula is C5H7Cl2F3O3. The molecule has 0 amide bonds. The van der Waals surface area contributed by atoms with E-state index in [0.29, 0.717) is 0 Å². The number of aliphatic carboxylic acids is 1. The maximum Gasteiger partial charge on any atom is 0.387 e. The predicted octanol–water partition coefficient (Wildman–Crippen LogP) is 1.80. The van der Waals surface area contributed by atoms with E-state index in [1.807, 2.05) is 0 Å². The van der Waals surface area contributed by atoms with Crippen molar-refractivity contribution < 1.29 is 28.2 Å². The number of halogens is 5. The Morgan fingerprint density at radius 3 is 1.69 bits per heavy atom. The van der Waals surface area contributed by atoms with Crippen LogP contribution in [0.1, 0.15) is 6.92 Å². The van der Waals surface area contributed by atoms with Crippen LogP contribution in [0.25, 0.3) is 0 Å². The fourth-order valence-corrected chi connectivity index (χ4v) is 0.455. The van der Waals surface area contributed by atoms with Gasteiger partial charge in [-0.15, -0.1) is 23.2 Å². The molecule has 0 heterocycles. The highest BCUT2D eigenvalue weighted by atomic mass is 35.5. The molecule has 0 saturated carbocycles. The molecule has 0 radical (unpaired) electrons. The number of alkyl halides is 5. The van der Waals surface area contributed by atoms with E-state index in [1.54, 1.807) is 0 Å². The third-order valence-corrected chi connectivity index (χ3v) is 0.995. The van der Waals surface area contributed by atoms with E-state index in [4.69, 9.17) is 15.0 Å². The number of hydrogen-bond acceptors (Lipinski definition) is 2. The molecule has 0 bridgehead atoms. The Labute approximate surface area is 82.1 Å². The van der Waals surface area contributed by atoms with Gasteiger partial charge in [0.15, 0.2) is 0 Å². The molecule has 0 aromatic carbocycles. The monoisotopic (exact) mass is 242 g/mol. The largest absolute Gasteiger partial charge is 0.481 e. The van der Waals surface area contributed by atoms with Crippen molar-refractivity contribution in [1.82, 2.24) is 0 Å². The maximum atomic E-state index is 11.8. The fourth-order valence-electron chi connectivity index (χ4n) is 0.152. The highest BCUT2D eigenvalue weighted by Crippen LogP contribution is 2.25. The van der Waals surface area contributed by atoms with Crippen LogP contribution in [0, 0.1) is 0 Å². The highest BCUT2D eigenvalue weighted by molar-refractivity contribution is 6.44. The van der Waals surface area contributed by atoms with Gasteiger partial charge in [-0.25, -0.2) is 4.39 Å². The minimum atomic E-state index is -4.45. The first-order valence-corrected chi connectivity index (χ1v) is 3.68. The standard InChI is InChI=1S/C3H3Cl2F3O.C2H4O2/c4-2(5)1(6)3(7,8)9;1-2(3)4/h1-2,9H;1H3,(H,3,4). The van der Waals surface area contributed by atoms with Crippen molar-refractivity contribution in [3.05, 3.63) is 0 Å². The van der Waals surface area contributed by atoms with Gasteiger partial charge in [0.25, 0.3) is 5.97 Å². The number of carboxylic acid groups (broad SMARTS) is 1. The van der Waals surface area contributed by atoms with Crippen LogP contribution >= 0.6 is 23.2 Å². The molecule has 0 saturated heterocycles. The second-order valence-corrected chi connectivity index (χ2v) is 3.01. The molecule has 2 N–H and O–H groups in total. The summed E-state index contributed by atoms with van der Waals surface area (Å²) in [7, 11) is 0. The van der Waals surface area contributed by atoms with Gasteiger partial charge in [-0.05, 0) is 0 Å². The first-order valence-electron chi connectivity index (χ1n) is 2.81. The van der Waals surface area contributed by atoms with Crippen molar-refractivity contribution in [1.29, 1.82) is 0 Å². The number of carboxylic acids is 1. The molecule has 0 aliphatic carbocycles. The van der Waals surface area contributed by atoms with E-state index in [0.717, 1.165) is 6.92 Å². The molecule has 0 aliphatic heterocycles. The fraction of sp³-hybridized carbons (Fsp3) is 0.800. The van der Waals surface area contributed by atoms with Gasteiger partial charge in [0.2, 0.25) is 6.17 Å². The third-order valence-electron chi connectivity index (χ3n) is 0.553. The van der Waals surface area contributed by atoms with E-state index in [-0.39, 0.29) is 0 Å². The van der Waals surface area contributed by atoms with Crippen LogP contribution in [0.4, 0.5) is 13.2 Å². The predicted molar refractivity (Wildman–Crippen MR) is 40.9 cm³/mol. The van der Waals surface area contributed by atoms with Gasteiger partial charge in [0.05, 0.1) is 0 Å². The van der Waals surface area contributed by atoms with E-state index < -0.39 is 23.1 Å². The van der Waals surface area contributed by atoms with Gasteiger partial charge in [-0.1, -0.05) is 0 Å². The lowest BCUT2D eigenvalue weighted by molar-refractivity contribution is -0.237. The molecule has 0 fully saturated rings. The van der Waals surface area contributed by atoms with Gasteiger partial charge in [-0.3, -0.25) is 4.79 Å². The lowest BCUT2D eigenvalue weighted by Crippen LogP contribution is -2.34. The van der Waals surface area contributed by atoms with Crippen molar-refractivity contribution in [2.24, 2.45) is 0 Å². The van der Waals surface area contributed by atoms with Gasteiger partial charge in [-0.2, -0.15) is 8.78 Å². The molecule has 3 nitrogen and oxygen atoms in total. The Morgan fingerprint density at radius 1 is 1.46 bits per heavy atom. The van der Waals surface area contributed by atoms with Crippen molar-refractivity contribution in [3.63, 3.8) is 0 Å². The Bertz CT molecular complexity index is 156. The zero-order chi connectivity index (χ0) is 11.2. The Balaban J connectivity index is 0. The van der Waals surface area contributed by atoms with Crippen LogP contribution in [-0.2, 0) is 4.79 Å². The van der Waals surface area contributed by atoms with Crippen LogP contribution < -0.4 is 0 Å². The average molecular weight is 243 g/mol. The average Bonchev–Trinajstić information content (AvgIpc) is 1.82. The lowest BCUT2D eigenvalue weighted by atomic mass is 10.4. The van der Waals surface area contributed by atoms with E-state index >= 15 is 0 Å². The summed E-state index contributed by atoms with van der Waals surface area (Å²) in [4.78, 5) is 7.09. The number of rotatable bonds is 2. The van der Waals surface area contributed by atoms with Gasteiger partial charge < -0.3 is 10.2 Å². The summed E-state index contributed by atoms with van der Waals surface area (Å²) in [6.07, 6.45) is -7.38. The van der Waals surface area contributed by atoms with Crippen molar-refractivity contribution in [2.75, 3.05) is 0 Å². The smallest absolute Gasteiger partial charge is 0.387 e. The first kappa shape index (κ1) is 15.3.